The van der Waals surface area contributed by atoms with Crippen LogP contribution in [0.1, 0.15) is 68.9 Å². The molecule has 25 heavy (non-hydrogen) atoms. The predicted octanol–water partition coefficient (Wildman–Crippen LogP) is 2.59. The average Bonchev–Trinajstić information content (AvgIpc) is 2.88. The number of aromatic carboxylic acids is 1. The van der Waals surface area contributed by atoms with E-state index < -0.39 is 30.0 Å². The molecule has 0 fully saturated rings. The van der Waals surface area contributed by atoms with Gasteiger partial charge in [-0.05, 0) is 18.6 Å². The maximum Gasteiger partial charge on any atom is 0.365 e. The number of carboxylic acids is 1. The van der Waals surface area contributed by atoms with Gasteiger partial charge in [-0.15, -0.1) is 0 Å². The summed E-state index contributed by atoms with van der Waals surface area (Å²) >= 11 is 0. The fourth-order valence-electron chi connectivity index (χ4n) is 2.41. The highest BCUT2D eigenvalue weighted by atomic mass is 17.2. The van der Waals surface area contributed by atoms with E-state index in [0.29, 0.717) is 12.8 Å². The maximum atomic E-state index is 12.0. The van der Waals surface area contributed by atoms with Crippen molar-refractivity contribution >= 4 is 23.9 Å². The molecule has 0 saturated carbocycles. The monoisotopic (exact) mass is 348 g/mol. The van der Waals surface area contributed by atoms with Gasteiger partial charge in [-0.2, -0.15) is 4.89 Å². The number of cyclic esters (lactones) is 2. The second-order valence-corrected chi connectivity index (χ2v) is 5.30. The summed E-state index contributed by atoms with van der Waals surface area (Å²) in [6.07, 6.45) is 1.71. The number of benzene rings is 1. The van der Waals surface area contributed by atoms with E-state index >= 15 is 0 Å². The molecule has 1 N–H and O–H groups in total. The number of hydrogen-bond acceptors (Lipinski definition) is 7. The van der Waals surface area contributed by atoms with Gasteiger partial charge < -0.3 is 9.84 Å². The Morgan fingerprint density at radius 2 is 2.04 bits per heavy atom. The van der Waals surface area contributed by atoms with Crippen molar-refractivity contribution in [1.29, 1.82) is 0 Å². The molecule has 0 radical (unpaired) electrons. The van der Waals surface area contributed by atoms with Crippen LogP contribution in [0.2, 0.25) is 0 Å². The molecule has 0 bridgehead atoms. The van der Waals surface area contributed by atoms with Gasteiger partial charge in [-0.3, -0.25) is 4.89 Å². The Balaban J connectivity index is 2.50. The molecule has 1 aromatic rings. The smallest absolute Gasteiger partial charge is 0.365 e. The number of hydrogen-bond donors (Lipinski definition) is 1. The first kappa shape index (κ1) is 18.3. The highest BCUT2D eigenvalue weighted by molar-refractivity contribution is 6.16. The summed E-state index contributed by atoms with van der Waals surface area (Å²) in [7, 11) is 0. The zero-order valence-corrected chi connectivity index (χ0v) is 13.4. The van der Waals surface area contributed by atoms with E-state index in [1.807, 2.05) is 6.92 Å². The number of ether oxygens (including phenoxy) is 1. The molecule has 8 heteroatoms. The van der Waals surface area contributed by atoms with Crippen LogP contribution in [-0.2, 0) is 19.3 Å². The van der Waals surface area contributed by atoms with Gasteiger partial charge in [0.05, 0.1) is 16.7 Å². The second-order valence-electron chi connectivity index (χ2n) is 5.30. The van der Waals surface area contributed by atoms with Crippen LogP contribution in [0.25, 0.3) is 0 Å². The van der Waals surface area contributed by atoms with Crippen molar-refractivity contribution in [2.24, 2.45) is 0 Å². The molecule has 1 heterocycles. The zero-order chi connectivity index (χ0) is 18.6. The Hall–Kier alpha value is -3.00. The summed E-state index contributed by atoms with van der Waals surface area (Å²) in [5.74, 6) is -3.95. The largest absolute Gasteiger partial charge is 0.478 e. The van der Waals surface area contributed by atoms with Crippen LogP contribution in [0.3, 0.4) is 0 Å². The number of fused-ring (bicyclic) bond motifs is 1. The third kappa shape index (κ3) is 3.92. The molecule has 0 amide bonds. The number of carbonyl (C=O) groups excluding carboxylic acids is 3. The van der Waals surface area contributed by atoms with Crippen LogP contribution in [0, 0.1) is 0 Å². The molecule has 1 atom stereocenters. The van der Waals surface area contributed by atoms with Crippen molar-refractivity contribution in [3.63, 3.8) is 0 Å². The van der Waals surface area contributed by atoms with Crippen molar-refractivity contribution < 1.29 is 38.8 Å². The Labute approximate surface area is 142 Å². The van der Waals surface area contributed by atoms with E-state index in [9.17, 15) is 24.3 Å². The lowest BCUT2D eigenvalue weighted by Crippen LogP contribution is -2.14. The first-order chi connectivity index (χ1) is 11.9. The normalized spacial score (nSPS) is 13.8. The second kappa shape index (κ2) is 7.71. The molecule has 0 aromatic heterocycles. The first-order valence-corrected chi connectivity index (χ1v) is 7.56. The van der Waals surface area contributed by atoms with Gasteiger partial charge in [-0.25, -0.2) is 19.2 Å². The Bertz CT molecular complexity index is 749. The summed E-state index contributed by atoms with van der Waals surface area (Å²) in [4.78, 5) is 56.0. The van der Waals surface area contributed by atoms with E-state index in [1.165, 1.54) is 6.07 Å². The minimum Gasteiger partial charge on any atom is -0.478 e. The SMILES string of the molecule is C=CC(=O)OOC(CCCC)c1cc(C(=O)O)cc2c1C(=O)OC2=O. The summed E-state index contributed by atoms with van der Waals surface area (Å²) in [6, 6.07) is 2.28. The number of carbonyl (C=O) groups is 4. The molecule has 1 aliphatic rings. The van der Waals surface area contributed by atoms with E-state index in [0.717, 1.165) is 18.6 Å². The standard InChI is InChI=1S/C17H16O8/c1-3-5-6-12(24-25-13(18)4-2)10-7-9(15(19)20)8-11-14(10)17(22)23-16(11)21/h4,7-8,12H,2-3,5-6H2,1H3,(H,19,20). The van der Waals surface area contributed by atoms with E-state index in [1.54, 1.807) is 0 Å². The Kier molecular flexibility index (Phi) is 5.66. The van der Waals surface area contributed by atoms with Crippen molar-refractivity contribution in [2.75, 3.05) is 0 Å². The lowest BCUT2D eigenvalue weighted by atomic mass is 9.93. The van der Waals surface area contributed by atoms with Gasteiger partial charge in [-0.1, -0.05) is 26.3 Å². The summed E-state index contributed by atoms with van der Waals surface area (Å²) in [6.45, 7) is 5.16. The van der Waals surface area contributed by atoms with Crippen LogP contribution in [-0.4, -0.2) is 29.0 Å². The molecule has 0 spiro atoms. The maximum absolute atomic E-state index is 12.0. The van der Waals surface area contributed by atoms with Gasteiger partial charge in [0.25, 0.3) is 0 Å². The quantitative estimate of drug-likeness (QED) is 0.250. The van der Waals surface area contributed by atoms with Crippen molar-refractivity contribution in [3.8, 4) is 0 Å². The lowest BCUT2D eigenvalue weighted by molar-refractivity contribution is -0.297. The summed E-state index contributed by atoms with van der Waals surface area (Å²) < 4.78 is 4.56. The minimum atomic E-state index is -1.28. The van der Waals surface area contributed by atoms with Crippen molar-refractivity contribution in [2.45, 2.75) is 32.3 Å². The van der Waals surface area contributed by atoms with Crippen LogP contribution in [0.15, 0.2) is 24.8 Å². The highest BCUT2D eigenvalue weighted by Gasteiger charge is 2.36. The molecular formula is C17H16O8. The van der Waals surface area contributed by atoms with Crippen LogP contribution in [0.4, 0.5) is 0 Å². The third-order valence-corrected chi connectivity index (χ3v) is 3.61. The highest BCUT2D eigenvalue weighted by Crippen LogP contribution is 2.34. The number of rotatable bonds is 8. The Morgan fingerprint density at radius 1 is 1.32 bits per heavy atom. The number of carboxylic acid groups (broad SMARTS) is 1. The van der Waals surface area contributed by atoms with Crippen LogP contribution < -0.4 is 0 Å². The van der Waals surface area contributed by atoms with Crippen LogP contribution in [0.5, 0.6) is 0 Å². The molecule has 1 aliphatic heterocycles. The van der Waals surface area contributed by atoms with Crippen LogP contribution >= 0.6 is 0 Å². The van der Waals surface area contributed by atoms with Gasteiger partial charge >= 0.3 is 23.9 Å². The average molecular weight is 348 g/mol. The fourth-order valence-corrected chi connectivity index (χ4v) is 2.41. The zero-order valence-electron chi connectivity index (χ0n) is 13.4. The molecule has 0 saturated heterocycles. The minimum absolute atomic E-state index is 0.0780. The van der Waals surface area contributed by atoms with Crippen molar-refractivity contribution in [1.82, 2.24) is 0 Å². The topological polar surface area (TPSA) is 116 Å². The molecule has 132 valence electrons. The van der Waals surface area contributed by atoms with Gasteiger partial charge in [0.15, 0.2) is 0 Å². The summed E-state index contributed by atoms with van der Waals surface area (Å²) in [5.41, 5.74) is -0.317. The number of unbranched alkanes of at least 4 members (excludes halogenated alkanes) is 1. The van der Waals surface area contributed by atoms with Gasteiger partial charge in [0.2, 0.25) is 0 Å². The van der Waals surface area contributed by atoms with E-state index in [2.05, 4.69) is 16.2 Å². The molecule has 2 rings (SSSR count). The molecular weight excluding hydrogens is 332 g/mol. The third-order valence-electron chi connectivity index (χ3n) is 3.61. The van der Waals surface area contributed by atoms with Gasteiger partial charge in [0.1, 0.15) is 6.10 Å². The number of esters is 2. The molecule has 0 aliphatic carbocycles. The van der Waals surface area contributed by atoms with Gasteiger partial charge in [0, 0.05) is 11.6 Å². The lowest BCUT2D eigenvalue weighted by Gasteiger charge is -2.18. The first-order valence-electron chi connectivity index (χ1n) is 7.56. The Morgan fingerprint density at radius 3 is 2.64 bits per heavy atom. The fraction of sp³-hybridized carbons (Fsp3) is 0.294. The predicted molar refractivity (Wildman–Crippen MR) is 82.8 cm³/mol. The molecule has 1 unspecified atom stereocenters. The molecule has 1 aromatic carbocycles. The van der Waals surface area contributed by atoms with E-state index in [-0.39, 0.29) is 22.3 Å². The van der Waals surface area contributed by atoms with Crippen molar-refractivity contribution in [3.05, 3.63) is 47.0 Å². The summed E-state index contributed by atoms with van der Waals surface area (Å²) in [5, 5.41) is 9.23. The van der Waals surface area contributed by atoms with E-state index in [4.69, 9.17) is 4.89 Å². The molecule has 8 nitrogen and oxygen atoms in total.